The molecule has 3 aromatic rings. The van der Waals surface area contributed by atoms with Gasteiger partial charge in [0.25, 0.3) is 0 Å². The third-order valence-corrected chi connectivity index (χ3v) is 5.72. The first-order valence-electron chi connectivity index (χ1n) is 8.45. The summed E-state index contributed by atoms with van der Waals surface area (Å²) in [7, 11) is 0. The second-order valence-corrected chi connectivity index (χ2v) is 8.32. The minimum atomic E-state index is -0.108. The Morgan fingerprint density at radius 2 is 1.89 bits per heavy atom. The molecule has 0 aliphatic rings. The van der Waals surface area contributed by atoms with Crippen molar-refractivity contribution in [3.8, 4) is 0 Å². The highest BCUT2D eigenvalue weighted by atomic mass is 127. The lowest BCUT2D eigenvalue weighted by molar-refractivity contribution is -0.113. The summed E-state index contributed by atoms with van der Waals surface area (Å²) in [6, 6.07) is 17.9. The Balaban J connectivity index is 1.55. The van der Waals surface area contributed by atoms with Crippen molar-refractivity contribution < 1.29 is 4.79 Å². The number of anilines is 1. The van der Waals surface area contributed by atoms with Crippen LogP contribution in [0.4, 0.5) is 5.69 Å². The van der Waals surface area contributed by atoms with Crippen LogP contribution in [-0.2, 0) is 11.2 Å². The molecule has 0 radical (unpaired) electrons. The fraction of sp³-hybridized carbons (Fsp3) is 0.211. The van der Waals surface area contributed by atoms with Crippen LogP contribution in [-0.4, -0.2) is 26.5 Å². The van der Waals surface area contributed by atoms with Gasteiger partial charge in [0.05, 0.1) is 5.75 Å². The second kappa shape index (κ2) is 9.23. The van der Waals surface area contributed by atoms with Crippen molar-refractivity contribution in [2.24, 2.45) is 0 Å². The summed E-state index contributed by atoms with van der Waals surface area (Å²) in [5, 5.41) is 11.7. The van der Waals surface area contributed by atoms with Crippen LogP contribution >= 0.6 is 34.4 Å². The van der Waals surface area contributed by atoms with E-state index in [4.69, 9.17) is 5.84 Å². The summed E-state index contributed by atoms with van der Waals surface area (Å²) in [4.78, 5) is 12.1. The molecule has 3 rings (SSSR count). The molecule has 27 heavy (non-hydrogen) atoms. The molecule has 0 saturated heterocycles. The zero-order valence-electron chi connectivity index (χ0n) is 14.8. The topological polar surface area (TPSA) is 85.8 Å². The number of amides is 1. The van der Waals surface area contributed by atoms with Crippen LogP contribution in [0.2, 0.25) is 0 Å². The molecule has 0 aliphatic heterocycles. The Morgan fingerprint density at radius 1 is 1.19 bits per heavy atom. The van der Waals surface area contributed by atoms with E-state index in [0.29, 0.717) is 17.4 Å². The van der Waals surface area contributed by atoms with Gasteiger partial charge in [-0.2, -0.15) is 0 Å². The van der Waals surface area contributed by atoms with Crippen LogP contribution in [0.15, 0.2) is 59.8 Å². The monoisotopic (exact) mass is 493 g/mol. The van der Waals surface area contributed by atoms with Gasteiger partial charge < -0.3 is 11.2 Å². The fourth-order valence-corrected chi connectivity index (χ4v) is 3.61. The van der Waals surface area contributed by atoms with Gasteiger partial charge in [-0.15, -0.1) is 10.2 Å². The minimum Gasteiger partial charge on any atom is -0.336 e. The van der Waals surface area contributed by atoms with E-state index < -0.39 is 0 Å². The molecule has 1 atom stereocenters. The molecule has 140 valence electrons. The highest BCUT2D eigenvalue weighted by molar-refractivity contribution is 14.1. The lowest BCUT2D eigenvalue weighted by Gasteiger charge is -2.11. The number of carbonyl (C=O) groups excluding carboxylic acids is 1. The van der Waals surface area contributed by atoms with Gasteiger partial charge in [-0.05, 0) is 58.3 Å². The van der Waals surface area contributed by atoms with E-state index in [1.54, 1.807) is 0 Å². The minimum absolute atomic E-state index is 0.108. The van der Waals surface area contributed by atoms with Crippen LogP contribution in [0.25, 0.3) is 0 Å². The molecule has 0 fully saturated rings. The first-order chi connectivity index (χ1) is 13.0. The lowest BCUT2D eigenvalue weighted by Crippen LogP contribution is -2.18. The van der Waals surface area contributed by atoms with Crippen molar-refractivity contribution in [2.75, 3.05) is 16.9 Å². The van der Waals surface area contributed by atoms with Gasteiger partial charge in [0.2, 0.25) is 11.1 Å². The normalized spacial score (nSPS) is 11.9. The molecule has 0 saturated carbocycles. The van der Waals surface area contributed by atoms with E-state index in [9.17, 15) is 4.79 Å². The van der Waals surface area contributed by atoms with E-state index in [1.807, 2.05) is 42.5 Å². The Labute approximate surface area is 176 Å². The summed E-state index contributed by atoms with van der Waals surface area (Å²) in [6.45, 7) is 2.13. The molecular weight excluding hydrogens is 473 g/mol. The van der Waals surface area contributed by atoms with E-state index in [-0.39, 0.29) is 17.6 Å². The maximum Gasteiger partial charge on any atom is 0.234 e. The molecule has 0 aliphatic carbocycles. The van der Waals surface area contributed by atoms with Crippen LogP contribution in [0.5, 0.6) is 0 Å². The van der Waals surface area contributed by atoms with E-state index in [0.717, 1.165) is 9.26 Å². The number of nitrogen functional groups attached to an aromatic ring is 1. The van der Waals surface area contributed by atoms with Crippen LogP contribution in [0.1, 0.15) is 24.2 Å². The molecule has 1 heterocycles. The summed E-state index contributed by atoms with van der Waals surface area (Å²) in [5.74, 6) is 7.21. The number of thioether (sulfide) groups is 1. The van der Waals surface area contributed by atoms with Crippen molar-refractivity contribution in [3.05, 3.63) is 69.6 Å². The maximum absolute atomic E-state index is 12.1. The van der Waals surface area contributed by atoms with Gasteiger partial charge in [-0.3, -0.25) is 4.79 Å². The van der Waals surface area contributed by atoms with Crippen molar-refractivity contribution in [1.82, 2.24) is 14.9 Å². The SMILES string of the molecule is CC(Cc1nnc(SCC(=O)Nc2ccc(I)cc2)n1N)c1ccccc1. The molecular formula is C19H20IN5OS. The summed E-state index contributed by atoms with van der Waals surface area (Å²) in [6.07, 6.45) is 0.683. The van der Waals surface area contributed by atoms with Crippen molar-refractivity contribution in [1.29, 1.82) is 0 Å². The van der Waals surface area contributed by atoms with E-state index >= 15 is 0 Å². The van der Waals surface area contributed by atoms with Gasteiger partial charge in [0.1, 0.15) is 0 Å². The smallest absolute Gasteiger partial charge is 0.234 e. The summed E-state index contributed by atoms with van der Waals surface area (Å²) >= 11 is 3.50. The Hall–Kier alpha value is -2.07. The second-order valence-electron chi connectivity index (χ2n) is 6.13. The van der Waals surface area contributed by atoms with Crippen molar-refractivity contribution in [2.45, 2.75) is 24.4 Å². The lowest BCUT2D eigenvalue weighted by atomic mass is 9.98. The predicted octanol–water partition coefficient (Wildman–Crippen LogP) is 3.67. The molecule has 0 bridgehead atoms. The number of nitrogens with one attached hydrogen (secondary N) is 1. The Kier molecular flexibility index (Phi) is 6.73. The molecule has 1 amide bonds. The maximum atomic E-state index is 12.1. The standard InChI is InChI=1S/C19H20IN5OS/c1-13(14-5-3-2-4-6-14)11-17-23-24-19(25(17)21)27-12-18(26)22-16-9-7-15(20)8-10-16/h2-10,13H,11-12,21H2,1H3,(H,22,26). The average molecular weight is 493 g/mol. The Bertz CT molecular complexity index is 898. The third kappa shape index (κ3) is 5.46. The Morgan fingerprint density at radius 3 is 2.59 bits per heavy atom. The van der Waals surface area contributed by atoms with E-state index in [2.05, 4.69) is 57.2 Å². The number of rotatable bonds is 7. The van der Waals surface area contributed by atoms with Crippen molar-refractivity contribution >= 4 is 45.9 Å². The molecule has 6 nitrogen and oxygen atoms in total. The number of aromatic nitrogens is 3. The molecule has 1 aromatic heterocycles. The first-order valence-corrected chi connectivity index (χ1v) is 10.5. The number of carbonyl (C=O) groups is 1. The van der Waals surface area contributed by atoms with Crippen LogP contribution < -0.4 is 11.2 Å². The number of benzene rings is 2. The number of hydrogen-bond acceptors (Lipinski definition) is 5. The van der Waals surface area contributed by atoms with Gasteiger partial charge in [0, 0.05) is 15.7 Å². The third-order valence-electron chi connectivity index (χ3n) is 4.05. The molecule has 3 N–H and O–H groups in total. The molecule has 1 unspecified atom stereocenters. The largest absolute Gasteiger partial charge is 0.336 e. The number of halogens is 1. The van der Waals surface area contributed by atoms with E-state index in [1.165, 1.54) is 22.0 Å². The number of hydrogen-bond donors (Lipinski definition) is 2. The molecule has 8 heteroatoms. The van der Waals surface area contributed by atoms with Gasteiger partial charge in [0.15, 0.2) is 5.82 Å². The van der Waals surface area contributed by atoms with Crippen LogP contribution in [0.3, 0.4) is 0 Å². The number of nitrogens with zero attached hydrogens (tertiary/aromatic N) is 3. The average Bonchev–Trinajstić information content (AvgIpc) is 3.02. The van der Waals surface area contributed by atoms with Crippen LogP contribution in [0, 0.1) is 3.57 Å². The van der Waals surface area contributed by atoms with Crippen molar-refractivity contribution in [3.63, 3.8) is 0 Å². The van der Waals surface area contributed by atoms with Gasteiger partial charge in [-0.1, -0.05) is 49.0 Å². The zero-order chi connectivity index (χ0) is 19.2. The van der Waals surface area contributed by atoms with Gasteiger partial charge >= 0.3 is 0 Å². The zero-order valence-corrected chi connectivity index (χ0v) is 17.8. The number of nitrogens with two attached hydrogens (primary N) is 1. The first kappa shape index (κ1) is 19.7. The summed E-state index contributed by atoms with van der Waals surface area (Å²) in [5.41, 5.74) is 2.00. The quantitative estimate of drug-likeness (QED) is 0.298. The summed E-state index contributed by atoms with van der Waals surface area (Å²) < 4.78 is 2.59. The highest BCUT2D eigenvalue weighted by Crippen LogP contribution is 2.21. The molecule has 0 spiro atoms. The predicted molar refractivity (Wildman–Crippen MR) is 117 cm³/mol. The van der Waals surface area contributed by atoms with Gasteiger partial charge in [-0.25, -0.2) is 4.68 Å². The fourth-order valence-electron chi connectivity index (χ4n) is 2.58. The highest BCUT2D eigenvalue weighted by Gasteiger charge is 2.15. The molecule has 2 aromatic carbocycles.